The van der Waals surface area contributed by atoms with Crippen LogP contribution in [0.1, 0.15) is 42.4 Å². The first-order valence-electron chi connectivity index (χ1n) is 5.87. The van der Waals surface area contributed by atoms with Gasteiger partial charge in [0, 0.05) is 7.05 Å². The van der Waals surface area contributed by atoms with Crippen molar-refractivity contribution < 1.29 is 14.7 Å². The molecule has 100 valence electrons. The Morgan fingerprint density at radius 1 is 1.50 bits per heavy atom. The summed E-state index contributed by atoms with van der Waals surface area (Å²) < 4.78 is 1.47. The summed E-state index contributed by atoms with van der Waals surface area (Å²) in [5.74, 6) is -1.53. The van der Waals surface area contributed by atoms with Crippen molar-refractivity contribution in [2.45, 2.75) is 39.2 Å². The Labute approximate surface area is 105 Å². The Bertz CT molecular complexity index is 441. The van der Waals surface area contributed by atoms with Crippen LogP contribution in [-0.4, -0.2) is 38.0 Å². The standard InChI is InChI=1S/C11H18N4O3/c1-4-5-6-8(11(17)18)12-10(16)9-7(2)15(3)14-13-9/h8H,4-6H2,1-3H3,(H,12,16)(H,17,18). The van der Waals surface area contributed by atoms with Gasteiger partial charge >= 0.3 is 5.97 Å². The van der Waals surface area contributed by atoms with E-state index in [0.717, 1.165) is 12.8 Å². The first kappa shape index (κ1) is 14.1. The van der Waals surface area contributed by atoms with E-state index in [-0.39, 0.29) is 5.69 Å². The lowest BCUT2D eigenvalue weighted by Crippen LogP contribution is -2.41. The smallest absolute Gasteiger partial charge is 0.326 e. The zero-order valence-electron chi connectivity index (χ0n) is 10.8. The molecule has 0 saturated carbocycles. The number of hydrogen-bond donors (Lipinski definition) is 2. The number of carboxylic acid groups (broad SMARTS) is 1. The fourth-order valence-corrected chi connectivity index (χ4v) is 1.51. The number of carboxylic acids is 1. The Morgan fingerprint density at radius 3 is 2.61 bits per heavy atom. The maximum Gasteiger partial charge on any atom is 0.326 e. The minimum atomic E-state index is -1.03. The molecule has 0 aliphatic carbocycles. The summed E-state index contributed by atoms with van der Waals surface area (Å²) >= 11 is 0. The number of rotatable bonds is 6. The van der Waals surface area contributed by atoms with E-state index < -0.39 is 17.9 Å². The van der Waals surface area contributed by atoms with Crippen LogP contribution >= 0.6 is 0 Å². The number of carbonyl (C=O) groups excluding carboxylic acids is 1. The second-order valence-electron chi connectivity index (χ2n) is 4.15. The average molecular weight is 254 g/mol. The van der Waals surface area contributed by atoms with Crippen molar-refractivity contribution >= 4 is 11.9 Å². The molecule has 0 aromatic carbocycles. The second kappa shape index (κ2) is 6.13. The molecule has 1 aromatic heterocycles. The van der Waals surface area contributed by atoms with Crippen LogP contribution in [0.5, 0.6) is 0 Å². The van der Waals surface area contributed by atoms with Gasteiger partial charge in [0.15, 0.2) is 5.69 Å². The number of unbranched alkanes of at least 4 members (excludes halogenated alkanes) is 1. The molecule has 0 aliphatic rings. The molecule has 2 N–H and O–H groups in total. The minimum absolute atomic E-state index is 0.167. The lowest BCUT2D eigenvalue weighted by molar-refractivity contribution is -0.139. The van der Waals surface area contributed by atoms with Crippen LogP contribution in [0.25, 0.3) is 0 Å². The fraction of sp³-hybridized carbons (Fsp3) is 0.636. The van der Waals surface area contributed by atoms with Gasteiger partial charge in [-0.1, -0.05) is 25.0 Å². The summed E-state index contributed by atoms with van der Waals surface area (Å²) in [6, 6.07) is -0.876. The number of aliphatic carboxylic acids is 1. The van der Waals surface area contributed by atoms with E-state index in [1.54, 1.807) is 14.0 Å². The molecule has 0 radical (unpaired) electrons. The molecule has 1 rings (SSSR count). The zero-order valence-corrected chi connectivity index (χ0v) is 10.8. The van der Waals surface area contributed by atoms with E-state index >= 15 is 0 Å². The Kier molecular flexibility index (Phi) is 4.82. The highest BCUT2D eigenvalue weighted by Crippen LogP contribution is 2.05. The van der Waals surface area contributed by atoms with Gasteiger partial charge in [0.2, 0.25) is 0 Å². The number of aryl methyl sites for hydroxylation is 1. The van der Waals surface area contributed by atoms with Gasteiger partial charge in [0.05, 0.1) is 5.69 Å². The molecule has 0 fully saturated rings. The zero-order chi connectivity index (χ0) is 13.7. The van der Waals surface area contributed by atoms with E-state index in [4.69, 9.17) is 5.11 Å². The van der Waals surface area contributed by atoms with Gasteiger partial charge in [-0.3, -0.25) is 9.48 Å². The van der Waals surface area contributed by atoms with Gasteiger partial charge in [-0.25, -0.2) is 4.79 Å². The van der Waals surface area contributed by atoms with Gasteiger partial charge in [-0.05, 0) is 13.3 Å². The Hall–Kier alpha value is -1.92. The molecule has 1 atom stereocenters. The first-order valence-corrected chi connectivity index (χ1v) is 5.87. The van der Waals surface area contributed by atoms with Crippen LogP contribution in [0, 0.1) is 6.92 Å². The van der Waals surface area contributed by atoms with Crippen molar-refractivity contribution in [3.05, 3.63) is 11.4 Å². The second-order valence-corrected chi connectivity index (χ2v) is 4.15. The molecule has 0 spiro atoms. The molecule has 1 aromatic rings. The number of hydrogen-bond acceptors (Lipinski definition) is 4. The van der Waals surface area contributed by atoms with Crippen LogP contribution in [0.4, 0.5) is 0 Å². The number of aromatic nitrogens is 3. The third kappa shape index (κ3) is 3.28. The van der Waals surface area contributed by atoms with Crippen molar-refractivity contribution in [2.24, 2.45) is 7.05 Å². The highest BCUT2D eigenvalue weighted by atomic mass is 16.4. The number of nitrogens with one attached hydrogen (secondary N) is 1. The number of carbonyl (C=O) groups is 2. The van der Waals surface area contributed by atoms with Gasteiger partial charge in [0.25, 0.3) is 5.91 Å². The first-order chi connectivity index (χ1) is 8.47. The molecule has 1 amide bonds. The molecule has 7 heteroatoms. The molecule has 0 aliphatic heterocycles. The lowest BCUT2D eigenvalue weighted by Gasteiger charge is -2.13. The van der Waals surface area contributed by atoms with E-state index in [9.17, 15) is 9.59 Å². The van der Waals surface area contributed by atoms with Crippen LogP contribution in [0.3, 0.4) is 0 Å². The monoisotopic (exact) mass is 254 g/mol. The summed E-state index contributed by atoms with van der Waals surface area (Å²) in [7, 11) is 1.67. The van der Waals surface area contributed by atoms with Crippen molar-refractivity contribution in [1.29, 1.82) is 0 Å². The van der Waals surface area contributed by atoms with Crippen LogP contribution < -0.4 is 5.32 Å². The van der Waals surface area contributed by atoms with Crippen molar-refractivity contribution in [3.63, 3.8) is 0 Å². The van der Waals surface area contributed by atoms with Crippen LogP contribution in [0.2, 0.25) is 0 Å². The molecule has 7 nitrogen and oxygen atoms in total. The largest absolute Gasteiger partial charge is 0.480 e. The minimum Gasteiger partial charge on any atom is -0.480 e. The van der Waals surface area contributed by atoms with Crippen molar-refractivity contribution in [1.82, 2.24) is 20.3 Å². The molecular formula is C11H18N4O3. The molecule has 18 heavy (non-hydrogen) atoms. The quantitative estimate of drug-likeness (QED) is 0.770. The Balaban J connectivity index is 2.72. The fourth-order valence-electron chi connectivity index (χ4n) is 1.51. The SMILES string of the molecule is CCCCC(NC(=O)c1nnn(C)c1C)C(=O)O. The lowest BCUT2D eigenvalue weighted by atomic mass is 10.1. The van der Waals surface area contributed by atoms with E-state index in [1.807, 2.05) is 6.92 Å². The van der Waals surface area contributed by atoms with E-state index in [2.05, 4.69) is 15.6 Å². The molecular weight excluding hydrogens is 236 g/mol. The third-order valence-corrected chi connectivity index (χ3v) is 2.77. The van der Waals surface area contributed by atoms with Gasteiger partial charge in [0.1, 0.15) is 6.04 Å². The molecule has 1 unspecified atom stereocenters. The van der Waals surface area contributed by atoms with E-state index in [1.165, 1.54) is 4.68 Å². The van der Waals surface area contributed by atoms with Gasteiger partial charge in [-0.15, -0.1) is 5.10 Å². The maximum absolute atomic E-state index is 11.9. The number of nitrogens with zero attached hydrogens (tertiary/aromatic N) is 3. The number of amides is 1. The predicted octanol–water partition coefficient (Wildman–Crippen LogP) is 0.497. The summed E-state index contributed by atoms with van der Waals surface area (Å²) in [5.41, 5.74) is 0.771. The topological polar surface area (TPSA) is 97.1 Å². The van der Waals surface area contributed by atoms with E-state index in [0.29, 0.717) is 12.1 Å². The van der Waals surface area contributed by atoms with Gasteiger partial charge < -0.3 is 10.4 Å². The summed E-state index contributed by atoms with van der Waals surface area (Å²) in [6.07, 6.45) is 2.04. The summed E-state index contributed by atoms with van der Waals surface area (Å²) in [4.78, 5) is 22.9. The van der Waals surface area contributed by atoms with Gasteiger partial charge in [-0.2, -0.15) is 0 Å². The highest BCUT2D eigenvalue weighted by molar-refractivity contribution is 5.95. The van der Waals surface area contributed by atoms with Crippen LogP contribution in [-0.2, 0) is 11.8 Å². The maximum atomic E-state index is 11.9. The van der Waals surface area contributed by atoms with Crippen molar-refractivity contribution in [2.75, 3.05) is 0 Å². The van der Waals surface area contributed by atoms with Crippen molar-refractivity contribution in [3.8, 4) is 0 Å². The molecule has 0 bridgehead atoms. The molecule has 0 saturated heterocycles. The highest BCUT2D eigenvalue weighted by Gasteiger charge is 2.23. The average Bonchev–Trinajstić information content (AvgIpc) is 2.65. The molecule has 1 heterocycles. The van der Waals surface area contributed by atoms with Crippen LogP contribution in [0.15, 0.2) is 0 Å². The third-order valence-electron chi connectivity index (χ3n) is 2.77. The Morgan fingerprint density at radius 2 is 2.17 bits per heavy atom. The summed E-state index contributed by atoms with van der Waals surface area (Å²) in [6.45, 7) is 3.67. The summed E-state index contributed by atoms with van der Waals surface area (Å²) in [5, 5.41) is 18.9. The predicted molar refractivity (Wildman–Crippen MR) is 64.2 cm³/mol. The normalized spacial score (nSPS) is 12.2.